The van der Waals surface area contributed by atoms with E-state index in [4.69, 9.17) is 12.2 Å². The first kappa shape index (κ1) is 13.9. The van der Waals surface area contributed by atoms with Gasteiger partial charge in [-0.25, -0.2) is 4.39 Å². The van der Waals surface area contributed by atoms with E-state index in [1.807, 2.05) is 14.1 Å². The summed E-state index contributed by atoms with van der Waals surface area (Å²) >= 11 is 5.10. The number of thiocarbonyl (C=S) groups is 1. The van der Waals surface area contributed by atoms with Crippen molar-refractivity contribution in [3.05, 3.63) is 30.1 Å². The summed E-state index contributed by atoms with van der Waals surface area (Å²) < 4.78 is 12.9. The third-order valence-corrected chi connectivity index (χ3v) is 2.40. The molecule has 0 aromatic heterocycles. The monoisotopic (exact) mass is 255 g/mol. The van der Waals surface area contributed by atoms with Crippen molar-refractivity contribution in [2.75, 3.05) is 32.5 Å². The standard InChI is InChI=1S/C12H18FN3S/c1-16(2)8-4-7-14-12(17)15-11-6-3-5-10(13)9-11/h3,5-6,9H,4,7-8H2,1-2H3,(H2,14,15,17). The highest BCUT2D eigenvalue weighted by Crippen LogP contribution is 2.08. The van der Waals surface area contributed by atoms with Crippen molar-refractivity contribution < 1.29 is 4.39 Å². The van der Waals surface area contributed by atoms with Crippen LogP contribution in [-0.2, 0) is 0 Å². The normalized spacial score (nSPS) is 10.4. The average Bonchev–Trinajstić information content (AvgIpc) is 2.24. The van der Waals surface area contributed by atoms with Crippen molar-refractivity contribution in [2.45, 2.75) is 6.42 Å². The molecule has 0 radical (unpaired) electrons. The number of hydrogen-bond acceptors (Lipinski definition) is 2. The van der Waals surface area contributed by atoms with Crippen LogP contribution < -0.4 is 10.6 Å². The Hall–Kier alpha value is -1.20. The Balaban J connectivity index is 2.25. The van der Waals surface area contributed by atoms with E-state index in [9.17, 15) is 4.39 Å². The quantitative estimate of drug-likeness (QED) is 0.622. The van der Waals surface area contributed by atoms with E-state index in [0.29, 0.717) is 10.8 Å². The Morgan fingerprint density at radius 3 is 2.82 bits per heavy atom. The van der Waals surface area contributed by atoms with Crippen LogP contribution in [0.4, 0.5) is 10.1 Å². The lowest BCUT2D eigenvalue weighted by Crippen LogP contribution is -2.30. The van der Waals surface area contributed by atoms with Gasteiger partial charge in [-0.2, -0.15) is 0 Å². The fourth-order valence-electron chi connectivity index (χ4n) is 1.34. The van der Waals surface area contributed by atoms with Crippen molar-refractivity contribution in [1.29, 1.82) is 0 Å². The molecule has 2 N–H and O–H groups in total. The molecule has 1 rings (SSSR count). The molecule has 0 saturated heterocycles. The summed E-state index contributed by atoms with van der Waals surface area (Å²) in [7, 11) is 4.06. The molecule has 0 aliphatic carbocycles. The summed E-state index contributed by atoms with van der Waals surface area (Å²) in [6.07, 6.45) is 1.01. The van der Waals surface area contributed by atoms with Gasteiger partial charge in [-0.15, -0.1) is 0 Å². The van der Waals surface area contributed by atoms with Gasteiger partial charge < -0.3 is 15.5 Å². The fourth-order valence-corrected chi connectivity index (χ4v) is 1.56. The highest BCUT2D eigenvalue weighted by molar-refractivity contribution is 7.80. The molecule has 3 nitrogen and oxygen atoms in total. The van der Waals surface area contributed by atoms with Gasteiger partial charge in [0.2, 0.25) is 0 Å². The highest BCUT2D eigenvalue weighted by atomic mass is 32.1. The SMILES string of the molecule is CN(C)CCCNC(=S)Nc1cccc(F)c1. The van der Waals surface area contributed by atoms with Gasteiger partial charge in [-0.1, -0.05) is 6.07 Å². The van der Waals surface area contributed by atoms with E-state index in [2.05, 4.69) is 15.5 Å². The molecule has 0 spiro atoms. The molecule has 0 bridgehead atoms. The molecule has 0 unspecified atom stereocenters. The first-order chi connectivity index (χ1) is 8.08. The molecular weight excluding hydrogens is 237 g/mol. The van der Waals surface area contributed by atoms with Crippen LogP contribution in [0.25, 0.3) is 0 Å². The van der Waals surface area contributed by atoms with Crippen molar-refractivity contribution in [2.24, 2.45) is 0 Å². The lowest BCUT2D eigenvalue weighted by molar-refractivity contribution is 0.400. The Kier molecular flexibility index (Phi) is 5.86. The molecule has 1 aromatic carbocycles. The summed E-state index contributed by atoms with van der Waals surface area (Å²) in [6.45, 7) is 1.81. The molecule has 0 fully saturated rings. The van der Waals surface area contributed by atoms with Gasteiger partial charge in [0.1, 0.15) is 5.82 Å². The van der Waals surface area contributed by atoms with Crippen molar-refractivity contribution >= 4 is 23.0 Å². The van der Waals surface area contributed by atoms with Crippen molar-refractivity contribution in [3.8, 4) is 0 Å². The minimum Gasteiger partial charge on any atom is -0.362 e. The first-order valence-corrected chi connectivity index (χ1v) is 5.94. The topological polar surface area (TPSA) is 27.3 Å². The summed E-state index contributed by atoms with van der Waals surface area (Å²) in [5.74, 6) is -0.273. The fraction of sp³-hybridized carbons (Fsp3) is 0.417. The van der Waals surface area contributed by atoms with Gasteiger partial charge in [0.25, 0.3) is 0 Å². The third-order valence-electron chi connectivity index (χ3n) is 2.15. The lowest BCUT2D eigenvalue weighted by Gasteiger charge is -2.12. The maximum Gasteiger partial charge on any atom is 0.170 e. The van der Waals surface area contributed by atoms with E-state index in [1.54, 1.807) is 12.1 Å². The predicted molar refractivity (Wildman–Crippen MR) is 73.8 cm³/mol. The molecule has 0 saturated carbocycles. The minimum absolute atomic E-state index is 0.273. The Morgan fingerprint density at radius 1 is 1.41 bits per heavy atom. The van der Waals surface area contributed by atoms with Crippen LogP contribution >= 0.6 is 12.2 Å². The van der Waals surface area contributed by atoms with Gasteiger partial charge in [-0.3, -0.25) is 0 Å². The van der Waals surface area contributed by atoms with Crippen LogP contribution in [0.5, 0.6) is 0 Å². The van der Waals surface area contributed by atoms with Crippen LogP contribution in [-0.4, -0.2) is 37.2 Å². The molecule has 0 aliphatic rings. The van der Waals surface area contributed by atoms with Crippen LogP contribution in [0.15, 0.2) is 24.3 Å². The zero-order valence-corrected chi connectivity index (χ0v) is 11.0. The first-order valence-electron chi connectivity index (χ1n) is 5.53. The zero-order valence-electron chi connectivity index (χ0n) is 10.2. The van der Waals surface area contributed by atoms with E-state index < -0.39 is 0 Å². The number of halogens is 1. The second kappa shape index (κ2) is 7.19. The smallest absolute Gasteiger partial charge is 0.170 e. The Bertz CT molecular complexity index is 369. The summed E-state index contributed by atoms with van der Waals surface area (Å²) in [5, 5.41) is 6.54. The third kappa shape index (κ3) is 6.19. The molecule has 0 heterocycles. The Morgan fingerprint density at radius 2 is 2.18 bits per heavy atom. The van der Waals surface area contributed by atoms with Crippen LogP contribution in [0, 0.1) is 5.82 Å². The van der Waals surface area contributed by atoms with Gasteiger partial charge in [0.15, 0.2) is 5.11 Å². The van der Waals surface area contributed by atoms with Crippen LogP contribution in [0.3, 0.4) is 0 Å². The largest absolute Gasteiger partial charge is 0.362 e. The highest BCUT2D eigenvalue weighted by Gasteiger charge is 1.98. The van der Waals surface area contributed by atoms with E-state index in [-0.39, 0.29) is 5.82 Å². The molecular formula is C12H18FN3S. The molecule has 17 heavy (non-hydrogen) atoms. The molecule has 0 amide bonds. The van der Waals surface area contributed by atoms with Gasteiger partial charge in [0, 0.05) is 12.2 Å². The van der Waals surface area contributed by atoms with Crippen LogP contribution in [0.2, 0.25) is 0 Å². The van der Waals surface area contributed by atoms with E-state index in [0.717, 1.165) is 19.5 Å². The summed E-state index contributed by atoms with van der Waals surface area (Å²) in [5.41, 5.74) is 0.662. The average molecular weight is 255 g/mol. The second-order valence-electron chi connectivity index (χ2n) is 4.05. The number of rotatable bonds is 5. The molecule has 0 atom stereocenters. The molecule has 1 aromatic rings. The number of benzene rings is 1. The Labute approximate surface area is 107 Å². The number of nitrogens with zero attached hydrogens (tertiary/aromatic N) is 1. The van der Waals surface area contributed by atoms with Crippen LogP contribution in [0.1, 0.15) is 6.42 Å². The number of nitrogens with one attached hydrogen (secondary N) is 2. The second-order valence-corrected chi connectivity index (χ2v) is 4.46. The number of hydrogen-bond donors (Lipinski definition) is 2. The lowest BCUT2D eigenvalue weighted by atomic mass is 10.3. The zero-order chi connectivity index (χ0) is 12.7. The summed E-state index contributed by atoms with van der Waals surface area (Å²) in [6, 6.07) is 6.23. The van der Waals surface area contributed by atoms with Gasteiger partial charge in [0.05, 0.1) is 0 Å². The summed E-state index contributed by atoms with van der Waals surface area (Å²) in [4.78, 5) is 2.12. The maximum absolute atomic E-state index is 12.9. The molecule has 0 aliphatic heterocycles. The van der Waals surface area contributed by atoms with Crippen molar-refractivity contribution in [1.82, 2.24) is 10.2 Å². The predicted octanol–water partition coefficient (Wildman–Crippen LogP) is 2.06. The van der Waals surface area contributed by atoms with Crippen molar-refractivity contribution in [3.63, 3.8) is 0 Å². The molecule has 5 heteroatoms. The maximum atomic E-state index is 12.9. The van der Waals surface area contributed by atoms with E-state index >= 15 is 0 Å². The number of anilines is 1. The van der Waals surface area contributed by atoms with Gasteiger partial charge in [-0.05, 0) is 57.5 Å². The van der Waals surface area contributed by atoms with Gasteiger partial charge >= 0.3 is 0 Å². The van der Waals surface area contributed by atoms with E-state index in [1.165, 1.54) is 12.1 Å². The minimum atomic E-state index is -0.273. The molecule has 94 valence electrons.